The molecule has 3 aromatic rings. The van der Waals surface area contributed by atoms with Gasteiger partial charge in [0.25, 0.3) is 11.8 Å². The summed E-state index contributed by atoms with van der Waals surface area (Å²) < 4.78 is 6.22. The molecule has 172 valence electrons. The molecule has 0 unspecified atom stereocenters. The number of amides is 2. The molecular formula is C27H24N2O3S2. The van der Waals surface area contributed by atoms with Gasteiger partial charge in [-0.05, 0) is 66.4 Å². The lowest BCUT2D eigenvalue weighted by Gasteiger charge is -2.14. The molecule has 0 radical (unpaired) electrons. The Kier molecular flexibility index (Phi) is 7.45. The maximum atomic E-state index is 12.9. The first-order valence-electron chi connectivity index (χ1n) is 10.8. The van der Waals surface area contributed by atoms with E-state index < -0.39 is 0 Å². The van der Waals surface area contributed by atoms with Gasteiger partial charge in [-0.25, -0.2) is 0 Å². The summed E-state index contributed by atoms with van der Waals surface area (Å²) in [5.41, 5.74) is 4.73. The van der Waals surface area contributed by atoms with E-state index in [-0.39, 0.29) is 18.4 Å². The second-order valence-electron chi connectivity index (χ2n) is 8.04. The summed E-state index contributed by atoms with van der Waals surface area (Å²) in [6.45, 7) is 4.30. The number of carbonyl (C=O) groups is 2. The van der Waals surface area contributed by atoms with Crippen LogP contribution in [0.4, 0.5) is 5.69 Å². The molecule has 3 aromatic carbocycles. The third-order valence-corrected chi connectivity index (χ3v) is 6.47. The first kappa shape index (κ1) is 23.7. The monoisotopic (exact) mass is 488 g/mol. The van der Waals surface area contributed by atoms with Crippen LogP contribution in [0.5, 0.6) is 5.75 Å². The van der Waals surface area contributed by atoms with Crippen molar-refractivity contribution in [2.24, 2.45) is 0 Å². The summed E-state index contributed by atoms with van der Waals surface area (Å²) >= 11 is 6.72. The van der Waals surface area contributed by atoms with Crippen molar-refractivity contribution in [1.82, 2.24) is 4.90 Å². The zero-order valence-electron chi connectivity index (χ0n) is 18.9. The molecule has 0 atom stereocenters. The smallest absolute Gasteiger partial charge is 0.266 e. The topological polar surface area (TPSA) is 58.6 Å². The fraction of sp³-hybridized carbons (Fsp3) is 0.148. The summed E-state index contributed by atoms with van der Waals surface area (Å²) in [5, 5.41) is 2.86. The lowest BCUT2D eigenvalue weighted by molar-refractivity contribution is -0.122. The van der Waals surface area contributed by atoms with Crippen LogP contribution in [0.2, 0.25) is 0 Å². The van der Waals surface area contributed by atoms with Gasteiger partial charge in [0.05, 0.1) is 11.4 Å². The number of thiocarbonyl (C=S) groups is 1. The number of rotatable bonds is 7. The van der Waals surface area contributed by atoms with Crippen LogP contribution < -0.4 is 10.1 Å². The van der Waals surface area contributed by atoms with Crippen molar-refractivity contribution >= 4 is 51.9 Å². The van der Waals surface area contributed by atoms with Crippen molar-refractivity contribution in [2.45, 2.75) is 20.4 Å². The quantitative estimate of drug-likeness (QED) is 0.340. The summed E-state index contributed by atoms with van der Waals surface area (Å²) in [5.74, 6) is 0.194. The van der Waals surface area contributed by atoms with E-state index in [9.17, 15) is 9.59 Å². The highest BCUT2D eigenvalue weighted by molar-refractivity contribution is 8.26. The summed E-state index contributed by atoms with van der Waals surface area (Å²) in [7, 11) is 0. The van der Waals surface area contributed by atoms with Crippen molar-refractivity contribution in [3.8, 4) is 5.75 Å². The van der Waals surface area contributed by atoms with Crippen LogP contribution in [0.1, 0.15) is 22.3 Å². The van der Waals surface area contributed by atoms with E-state index in [1.165, 1.54) is 11.8 Å². The molecule has 1 saturated heterocycles. The van der Waals surface area contributed by atoms with Gasteiger partial charge in [-0.1, -0.05) is 72.5 Å². The van der Waals surface area contributed by atoms with E-state index in [0.717, 1.165) is 27.9 Å². The van der Waals surface area contributed by atoms with E-state index in [1.807, 2.05) is 74.5 Å². The number of hydrogen-bond acceptors (Lipinski definition) is 5. The number of thioether (sulfide) groups is 1. The van der Waals surface area contributed by atoms with Crippen molar-refractivity contribution in [3.05, 3.63) is 100.0 Å². The van der Waals surface area contributed by atoms with Gasteiger partial charge in [0, 0.05) is 5.69 Å². The Bertz CT molecular complexity index is 1250. The lowest BCUT2D eigenvalue weighted by Crippen LogP contribution is -2.27. The van der Waals surface area contributed by atoms with Crippen LogP contribution in [0.3, 0.4) is 0 Å². The standard InChI is InChI=1S/C27H24N2O3S2/c1-18-11-19(2)13-22(12-18)28-25(30)17-32-23-10-6-9-21(14-23)15-24-26(31)29(27(33)34-24)16-20-7-4-3-5-8-20/h3-15H,16-17H2,1-2H3,(H,28,30)/b24-15-. The van der Waals surface area contributed by atoms with Crippen LogP contribution in [0, 0.1) is 13.8 Å². The molecule has 5 nitrogen and oxygen atoms in total. The van der Waals surface area contributed by atoms with Crippen LogP contribution in [-0.2, 0) is 16.1 Å². The predicted molar refractivity (Wildman–Crippen MR) is 142 cm³/mol. The molecule has 1 aliphatic rings. The van der Waals surface area contributed by atoms with E-state index in [0.29, 0.717) is 21.5 Å². The molecular weight excluding hydrogens is 464 g/mol. The summed E-state index contributed by atoms with van der Waals surface area (Å²) in [6.07, 6.45) is 1.80. The maximum Gasteiger partial charge on any atom is 0.266 e. The highest BCUT2D eigenvalue weighted by atomic mass is 32.2. The van der Waals surface area contributed by atoms with Crippen molar-refractivity contribution < 1.29 is 14.3 Å². The minimum atomic E-state index is -0.239. The molecule has 4 rings (SSSR count). The normalized spacial score (nSPS) is 14.5. The Morgan fingerprint density at radius 1 is 1.03 bits per heavy atom. The summed E-state index contributed by atoms with van der Waals surface area (Å²) in [6, 6.07) is 22.9. The SMILES string of the molecule is Cc1cc(C)cc(NC(=O)COc2cccc(/C=C3\SC(=S)N(Cc4ccccc4)C3=O)c2)c1. The Labute approximate surface area is 208 Å². The largest absolute Gasteiger partial charge is 0.484 e. The van der Waals surface area contributed by atoms with Gasteiger partial charge < -0.3 is 10.1 Å². The van der Waals surface area contributed by atoms with Crippen LogP contribution in [0.25, 0.3) is 6.08 Å². The molecule has 7 heteroatoms. The molecule has 34 heavy (non-hydrogen) atoms. The van der Waals surface area contributed by atoms with Crippen molar-refractivity contribution in [2.75, 3.05) is 11.9 Å². The van der Waals surface area contributed by atoms with E-state index >= 15 is 0 Å². The fourth-order valence-corrected chi connectivity index (χ4v) is 4.90. The second-order valence-corrected chi connectivity index (χ2v) is 9.71. The summed E-state index contributed by atoms with van der Waals surface area (Å²) in [4.78, 5) is 27.4. The minimum absolute atomic E-state index is 0.113. The first-order valence-corrected chi connectivity index (χ1v) is 12.0. The van der Waals surface area contributed by atoms with Crippen molar-refractivity contribution in [1.29, 1.82) is 0 Å². The molecule has 0 aromatic heterocycles. The molecule has 1 heterocycles. The Balaban J connectivity index is 1.38. The number of aryl methyl sites for hydroxylation is 2. The van der Waals surface area contributed by atoms with E-state index in [2.05, 4.69) is 5.32 Å². The zero-order chi connectivity index (χ0) is 24.1. The highest BCUT2D eigenvalue weighted by Gasteiger charge is 2.31. The Hall–Kier alpha value is -3.42. The lowest BCUT2D eigenvalue weighted by atomic mass is 10.1. The molecule has 0 saturated carbocycles. The van der Waals surface area contributed by atoms with Gasteiger partial charge in [-0.15, -0.1) is 0 Å². The molecule has 0 aliphatic carbocycles. The van der Waals surface area contributed by atoms with Gasteiger partial charge in [0.1, 0.15) is 10.1 Å². The molecule has 1 N–H and O–H groups in total. The van der Waals surface area contributed by atoms with Gasteiger partial charge in [-0.2, -0.15) is 0 Å². The van der Waals surface area contributed by atoms with Crippen LogP contribution in [0.15, 0.2) is 77.7 Å². The number of ether oxygens (including phenoxy) is 1. The number of nitrogens with one attached hydrogen (secondary N) is 1. The number of benzene rings is 3. The average molecular weight is 489 g/mol. The van der Waals surface area contributed by atoms with Gasteiger partial charge in [0.2, 0.25) is 0 Å². The maximum absolute atomic E-state index is 12.9. The minimum Gasteiger partial charge on any atom is -0.484 e. The van der Waals surface area contributed by atoms with Crippen LogP contribution >= 0.6 is 24.0 Å². The van der Waals surface area contributed by atoms with E-state index in [4.69, 9.17) is 17.0 Å². The first-order chi connectivity index (χ1) is 16.4. The number of carbonyl (C=O) groups excluding carboxylic acids is 2. The number of anilines is 1. The van der Waals surface area contributed by atoms with Crippen molar-refractivity contribution in [3.63, 3.8) is 0 Å². The average Bonchev–Trinajstić information content (AvgIpc) is 3.05. The second kappa shape index (κ2) is 10.7. The highest BCUT2D eigenvalue weighted by Crippen LogP contribution is 2.34. The van der Waals surface area contributed by atoms with Crippen LogP contribution in [-0.4, -0.2) is 27.6 Å². The molecule has 2 amide bonds. The molecule has 1 fully saturated rings. The Morgan fingerprint density at radius 2 is 1.76 bits per heavy atom. The predicted octanol–water partition coefficient (Wildman–Crippen LogP) is 5.72. The molecule has 0 spiro atoms. The third-order valence-electron chi connectivity index (χ3n) is 5.09. The fourth-order valence-electron chi connectivity index (χ4n) is 3.64. The molecule has 1 aliphatic heterocycles. The number of nitrogens with zero attached hydrogens (tertiary/aromatic N) is 1. The molecule has 0 bridgehead atoms. The third kappa shape index (κ3) is 6.12. The Morgan fingerprint density at radius 3 is 2.50 bits per heavy atom. The zero-order valence-corrected chi connectivity index (χ0v) is 20.5. The number of hydrogen-bond donors (Lipinski definition) is 1. The van der Waals surface area contributed by atoms with E-state index in [1.54, 1.807) is 23.1 Å². The van der Waals surface area contributed by atoms with Gasteiger partial charge in [-0.3, -0.25) is 14.5 Å². The van der Waals surface area contributed by atoms with Gasteiger partial charge in [0.15, 0.2) is 6.61 Å². The van der Waals surface area contributed by atoms with Gasteiger partial charge >= 0.3 is 0 Å².